The predicted molar refractivity (Wildman–Crippen MR) is 156 cm³/mol. The van der Waals surface area contributed by atoms with Gasteiger partial charge in [-0.05, 0) is 94.0 Å². The first kappa shape index (κ1) is 27.9. The first-order chi connectivity index (χ1) is 18.9. The van der Waals surface area contributed by atoms with Crippen molar-refractivity contribution in [2.24, 2.45) is 5.92 Å². The maximum atomic E-state index is 13.2. The number of likely N-dealkylation sites (N-methyl/N-ethyl adjacent to an activating group) is 1. The molecule has 2 aliphatic heterocycles. The highest BCUT2D eigenvalue weighted by Gasteiger charge is 2.39. The van der Waals surface area contributed by atoms with Crippen molar-refractivity contribution in [1.29, 1.82) is 5.26 Å². The molecular weight excluding hydrogens is 524 g/mol. The Hall–Kier alpha value is -3.66. The lowest BCUT2D eigenvalue weighted by Crippen LogP contribution is -2.45. The lowest BCUT2D eigenvalue weighted by Gasteiger charge is -2.45. The van der Waals surface area contributed by atoms with Crippen LogP contribution in [0.25, 0.3) is 11.1 Å². The smallest absolute Gasteiger partial charge is 0.231 e. The van der Waals surface area contributed by atoms with Gasteiger partial charge in [0.2, 0.25) is 5.91 Å². The number of nitriles is 1. The van der Waals surface area contributed by atoms with E-state index in [-0.39, 0.29) is 28.8 Å². The van der Waals surface area contributed by atoms with E-state index in [1.165, 1.54) is 0 Å². The molecule has 1 fully saturated rings. The summed E-state index contributed by atoms with van der Waals surface area (Å²) in [6.07, 6.45) is 2.40. The van der Waals surface area contributed by atoms with Gasteiger partial charge >= 0.3 is 0 Å². The van der Waals surface area contributed by atoms with Crippen molar-refractivity contribution in [2.75, 3.05) is 11.9 Å². The molecule has 3 aromatic rings. The van der Waals surface area contributed by atoms with E-state index in [9.17, 15) is 14.9 Å². The van der Waals surface area contributed by atoms with Gasteiger partial charge in [0.1, 0.15) is 23.1 Å². The van der Waals surface area contributed by atoms with Gasteiger partial charge in [-0.25, -0.2) is 0 Å². The highest BCUT2D eigenvalue weighted by atomic mass is 35.5. The number of amides is 1. The van der Waals surface area contributed by atoms with Crippen LogP contribution in [0, 0.1) is 17.2 Å². The van der Waals surface area contributed by atoms with E-state index in [0.717, 1.165) is 29.7 Å². The Morgan fingerprint density at radius 1 is 1.07 bits per heavy atom. The van der Waals surface area contributed by atoms with Crippen molar-refractivity contribution in [3.63, 3.8) is 0 Å². The summed E-state index contributed by atoms with van der Waals surface area (Å²) in [6.45, 7) is 8.29. The first-order valence-corrected chi connectivity index (χ1v) is 13.9. The minimum atomic E-state index is -0.275. The number of carbonyl (C=O) groups excluding carboxylic acids is 2. The Morgan fingerprint density at radius 2 is 1.80 bits per heavy atom. The third kappa shape index (κ3) is 5.63. The number of ketones is 1. The van der Waals surface area contributed by atoms with Crippen LogP contribution in [-0.2, 0) is 16.0 Å². The van der Waals surface area contributed by atoms with Gasteiger partial charge in [-0.15, -0.1) is 0 Å². The van der Waals surface area contributed by atoms with Gasteiger partial charge in [-0.2, -0.15) is 5.26 Å². The Kier molecular flexibility index (Phi) is 7.24. The summed E-state index contributed by atoms with van der Waals surface area (Å²) >= 11 is 6.58. The van der Waals surface area contributed by atoms with Gasteiger partial charge in [-0.3, -0.25) is 9.59 Å². The van der Waals surface area contributed by atoms with E-state index in [2.05, 4.69) is 33.8 Å². The van der Waals surface area contributed by atoms with Gasteiger partial charge in [0, 0.05) is 30.3 Å². The molecular formula is C33H33ClN2O4. The van der Waals surface area contributed by atoms with E-state index >= 15 is 0 Å². The molecule has 2 heterocycles. The minimum absolute atomic E-state index is 0.0346. The Labute approximate surface area is 240 Å². The second-order valence-electron chi connectivity index (χ2n) is 12.0. The average Bonchev–Trinajstić information content (AvgIpc) is 3.15. The minimum Gasteiger partial charge on any atom is -0.454 e. The van der Waals surface area contributed by atoms with Crippen LogP contribution in [0.5, 0.6) is 11.5 Å². The molecule has 0 aliphatic carbocycles. The number of hydrogen-bond donors (Lipinski definition) is 0. The fourth-order valence-electron chi connectivity index (χ4n) is 6.30. The molecule has 6 nitrogen and oxygen atoms in total. The molecule has 0 unspecified atom stereocenters. The van der Waals surface area contributed by atoms with Crippen molar-refractivity contribution in [1.82, 2.24) is 0 Å². The maximum absolute atomic E-state index is 13.2. The zero-order valence-electron chi connectivity index (χ0n) is 23.5. The number of rotatable bonds is 6. The van der Waals surface area contributed by atoms with E-state index in [1.807, 2.05) is 30.3 Å². The van der Waals surface area contributed by atoms with Crippen LogP contribution in [0.2, 0.25) is 5.02 Å². The molecule has 5 rings (SSSR count). The third-order valence-corrected chi connectivity index (χ3v) is 7.96. The number of ether oxygens (including phenoxy) is 2. The summed E-state index contributed by atoms with van der Waals surface area (Å²) in [5.74, 6) is 1.02. The molecule has 0 N–H and O–H groups in total. The Morgan fingerprint density at radius 3 is 2.48 bits per heavy atom. The summed E-state index contributed by atoms with van der Waals surface area (Å²) in [5, 5.41) is 10.4. The summed E-state index contributed by atoms with van der Waals surface area (Å²) in [6, 6.07) is 18.5. The van der Waals surface area contributed by atoms with E-state index in [4.69, 9.17) is 21.1 Å². The lowest BCUT2D eigenvalue weighted by molar-refractivity contribution is -0.171. The van der Waals surface area contributed by atoms with Crippen LogP contribution in [0.1, 0.15) is 68.4 Å². The zero-order valence-corrected chi connectivity index (χ0v) is 24.3. The van der Waals surface area contributed by atoms with Gasteiger partial charge in [0.15, 0.2) is 5.78 Å². The van der Waals surface area contributed by atoms with E-state index in [1.54, 1.807) is 36.2 Å². The number of fused-ring (bicyclic) bond motifs is 1. The molecule has 1 amide bonds. The molecule has 0 bridgehead atoms. The number of Topliss-reactive ketones (excluding diaryl/α,β-unsaturated/α-hetero) is 1. The molecule has 1 saturated heterocycles. The Balaban J connectivity index is 1.36. The fourth-order valence-corrected chi connectivity index (χ4v) is 6.52. The number of halogens is 1. The van der Waals surface area contributed by atoms with Crippen molar-refractivity contribution in [3.8, 4) is 28.7 Å². The zero-order chi connectivity index (χ0) is 28.8. The summed E-state index contributed by atoms with van der Waals surface area (Å²) in [7, 11) is 1.76. The van der Waals surface area contributed by atoms with Crippen LogP contribution >= 0.6 is 11.6 Å². The largest absolute Gasteiger partial charge is 0.454 e. The molecule has 206 valence electrons. The molecule has 0 spiro atoms. The highest BCUT2D eigenvalue weighted by molar-refractivity contribution is 6.32. The van der Waals surface area contributed by atoms with Crippen molar-refractivity contribution < 1.29 is 19.1 Å². The average molecular weight is 557 g/mol. The van der Waals surface area contributed by atoms with Crippen LogP contribution in [0.15, 0.2) is 54.6 Å². The summed E-state index contributed by atoms with van der Waals surface area (Å²) < 4.78 is 12.3. The second-order valence-corrected chi connectivity index (χ2v) is 12.4. The van der Waals surface area contributed by atoms with E-state index < -0.39 is 0 Å². The molecule has 0 saturated carbocycles. The molecule has 3 aromatic carbocycles. The van der Waals surface area contributed by atoms with Crippen molar-refractivity contribution in [2.45, 2.75) is 64.6 Å². The highest BCUT2D eigenvalue weighted by Crippen LogP contribution is 2.41. The fraction of sp³-hybridized carbons (Fsp3) is 0.364. The normalized spacial score (nSPS) is 17.8. The van der Waals surface area contributed by atoms with Gasteiger partial charge in [-0.1, -0.05) is 29.8 Å². The number of benzene rings is 3. The third-order valence-electron chi connectivity index (χ3n) is 7.67. The molecule has 7 heteroatoms. The van der Waals surface area contributed by atoms with Crippen LogP contribution in [0.4, 0.5) is 5.69 Å². The molecule has 0 atom stereocenters. The van der Waals surface area contributed by atoms with Crippen LogP contribution in [0.3, 0.4) is 0 Å². The molecule has 0 radical (unpaired) electrons. The topological polar surface area (TPSA) is 79.6 Å². The van der Waals surface area contributed by atoms with Crippen molar-refractivity contribution in [3.05, 3.63) is 76.3 Å². The van der Waals surface area contributed by atoms with Gasteiger partial charge in [0.25, 0.3) is 0 Å². The molecule has 2 aliphatic rings. The standard InChI is InChI=1S/C33H33ClN2O4/c1-32(2)17-20(18-33(3,4)40-32)13-28(37)22-10-12-30(26(34)15-22)39-29-8-6-7-24(25(29)19-35)21-9-11-27-23(14-21)16-31(38)36(27)5/h6-12,14-15,20H,13,16-18H2,1-5H3. The van der Waals surface area contributed by atoms with Crippen LogP contribution < -0.4 is 9.64 Å². The summed E-state index contributed by atoms with van der Waals surface area (Å²) in [5.41, 5.74) is 3.69. The summed E-state index contributed by atoms with van der Waals surface area (Å²) in [4.78, 5) is 26.9. The monoisotopic (exact) mass is 556 g/mol. The molecule has 0 aromatic heterocycles. The number of carbonyl (C=O) groups is 2. The quantitative estimate of drug-likeness (QED) is 0.290. The first-order valence-electron chi connectivity index (χ1n) is 13.5. The second kappa shape index (κ2) is 10.4. The van der Waals surface area contributed by atoms with Crippen LogP contribution in [-0.4, -0.2) is 29.9 Å². The van der Waals surface area contributed by atoms with Gasteiger partial charge in [0.05, 0.1) is 22.6 Å². The number of anilines is 1. The van der Waals surface area contributed by atoms with Crippen molar-refractivity contribution >= 4 is 29.0 Å². The maximum Gasteiger partial charge on any atom is 0.231 e. The number of nitrogens with zero attached hydrogens (tertiary/aromatic N) is 2. The predicted octanol–water partition coefficient (Wildman–Crippen LogP) is 7.75. The van der Waals surface area contributed by atoms with Gasteiger partial charge < -0.3 is 14.4 Å². The Bertz CT molecular complexity index is 1540. The van der Waals surface area contributed by atoms with E-state index in [0.29, 0.717) is 46.1 Å². The SMILES string of the molecule is CN1C(=O)Cc2cc(-c3cccc(Oc4ccc(C(=O)CC5CC(C)(C)OC(C)(C)C5)cc4Cl)c3C#N)ccc21. The number of hydrogen-bond acceptors (Lipinski definition) is 5. The molecule has 40 heavy (non-hydrogen) atoms. The lowest BCUT2D eigenvalue weighted by atomic mass is 9.78.